The second kappa shape index (κ2) is 5.04. The first kappa shape index (κ1) is 13.3. The van der Waals surface area contributed by atoms with E-state index in [2.05, 4.69) is 10.1 Å². The first-order valence-corrected chi connectivity index (χ1v) is 6.86. The van der Waals surface area contributed by atoms with E-state index < -0.39 is 5.82 Å². The van der Waals surface area contributed by atoms with Crippen LogP contribution in [0.2, 0.25) is 10.3 Å². The molecule has 0 saturated carbocycles. The fourth-order valence-corrected chi connectivity index (χ4v) is 2.69. The Labute approximate surface area is 125 Å². The summed E-state index contributed by atoms with van der Waals surface area (Å²) in [6.07, 6.45) is 0.756. The Kier molecular flexibility index (Phi) is 3.36. The molecular weight excluding hydrogens is 300 g/mol. The molecule has 0 fully saturated rings. The van der Waals surface area contributed by atoms with E-state index in [0.717, 1.165) is 12.1 Å². The van der Waals surface area contributed by atoms with E-state index in [4.69, 9.17) is 23.2 Å². The molecule has 0 bridgehead atoms. The number of aromatic nitrogens is 3. The Morgan fingerprint density at radius 3 is 2.70 bits per heavy atom. The molecule has 3 aromatic rings. The van der Waals surface area contributed by atoms with Crippen LogP contribution in [0.5, 0.6) is 0 Å². The van der Waals surface area contributed by atoms with Gasteiger partial charge in [-0.15, -0.1) is 0 Å². The number of rotatable bonds is 2. The van der Waals surface area contributed by atoms with E-state index in [1.54, 1.807) is 18.2 Å². The molecule has 2 heterocycles. The smallest absolute Gasteiger partial charge is 0.158 e. The monoisotopic (exact) mass is 309 g/mol. The van der Waals surface area contributed by atoms with Crippen molar-refractivity contribution >= 4 is 28.8 Å². The first-order chi connectivity index (χ1) is 9.61. The SMILES string of the molecule is CCc1cc2nc(Cl)c(-c3ccccc3F)c(Cl)n2n1. The van der Waals surface area contributed by atoms with Crippen LogP contribution in [0.25, 0.3) is 16.8 Å². The maximum absolute atomic E-state index is 13.9. The van der Waals surface area contributed by atoms with Crippen molar-refractivity contribution in [2.45, 2.75) is 13.3 Å². The van der Waals surface area contributed by atoms with Crippen molar-refractivity contribution in [2.75, 3.05) is 0 Å². The molecule has 1 aromatic carbocycles. The molecule has 20 heavy (non-hydrogen) atoms. The van der Waals surface area contributed by atoms with Crippen molar-refractivity contribution in [3.63, 3.8) is 0 Å². The number of nitrogens with zero attached hydrogens (tertiary/aromatic N) is 3. The molecule has 0 N–H and O–H groups in total. The largest absolute Gasteiger partial charge is 0.216 e. The third kappa shape index (κ3) is 2.05. The zero-order chi connectivity index (χ0) is 14.3. The molecule has 0 unspecified atom stereocenters. The van der Waals surface area contributed by atoms with Gasteiger partial charge >= 0.3 is 0 Å². The number of hydrogen-bond acceptors (Lipinski definition) is 2. The lowest BCUT2D eigenvalue weighted by molar-refractivity contribution is 0.631. The van der Waals surface area contributed by atoms with Gasteiger partial charge in [0.1, 0.15) is 16.1 Å². The second-order valence-electron chi connectivity index (χ2n) is 4.31. The van der Waals surface area contributed by atoms with Crippen LogP contribution in [0.15, 0.2) is 30.3 Å². The van der Waals surface area contributed by atoms with Gasteiger partial charge in [0.2, 0.25) is 0 Å². The molecule has 0 aliphatic rings. The number of benzene rings is 1. The third-order valence-corrected chi connectivity index (χ3v) is 3.68. The maximum atomic E-state index is 13.9. The van der Waals surface area contributed by atoms with Gasteiger partial charge in [-0.05, 0) is 12.5 Å². The van der Waals surface area contributed by atoms with Crippen molar-refractivity contribution in [2.24, 2.45) is 0 Å². The Bertz CT molecular complexity index is 798. The number of aryl methyl sites for hydroxylation is 1. The molecule has 0 saturated heterocycles. The van der Waals surface area contributed by atoms with Crippen LogP contribution in [0.3, 0.4) is 0 Å². The van der Waals surface area contributed by atoms with E-state index in [1.165, 1.54) is 10.6 Å². The minimum atomic E-state index is -0.402. The molecule has 0 atom stereocenters. The van der Waals surface area contributed by atoms with E-state index in [9.17, 15) is 4.39 Å². The van der Waals surface area contributed by atoms with Gasteiger partial charge in [-0.1, -0.05) is 48.3 Å². The Balaban J connectivity index is 2.34. The number of hydrogen-bond donors (Lipinski definition) is 0. The predicted molar refractivity (Wildman–Crippen MR) is 77.8 cm³/mol. The normalized spacial score (nSPS) is 11.2. The third-order valence-electron chi connectivity index (χ3n) is 3.06. The van der Waals surface area contributed by atoms with E-state index in [0.29, 0.717) is 16.8 Å². The van der Waals surface area contributed by atoms with Crippen LogP contribution in [0.1, 0.15) is 12.6 Å². The fraction of sp³-hybridized carbons (Fsp3) is 0.143. The molecule has 102 valence electrons. The second-order valence-corrected chi connectivity index (χ2v) is 5.02. The zero-order valence-electron chi connectivity index (χ0n) is 10.6. The zero-order valence-corrected chi connectivity index (χ0v) is 12.1. The molecular formula is C14H10Cl2FN3. The molecule has 3 rings (SSSR count). The molecule has 3 nitrogen and oxygen atoms in total. The highest BCUT2D eigenvalue weighted by molar-refractivity contribution is 6.38. The Morgan fingerprint density at radius 1 is 1.25 bits per heavy atom. The van der Waals surface area contributed by atoms with Crippen molar-refractivity contribution in [1.29, 1.82) is 0 Å². The molecule has 0 aliphatic heterocycles. The van der Waals surface area contributed by atoms with Crippen LogP contribution in [0.4, 0.5) is 4.39 Å². The van der Waals surface area contributed by atoms with Crippen molar-refractivity contribution in [1.82, 2.24) is 14.6 Å². The summed E-state index contributed by atoms with van der Waals surface area (Å²) in [5.74, 6) is -0.402. The van der Waals surface area contributed by atoms with Crippen LogP contribution in [0, 0.1) is 5.82 Å². The molecule has 0 spiro atoms. The summed E-state index contributed by atoms with van der Waals surface area (Å²) < 4.78 is 15.4. The van der Waals surface area contributed by atoms with Gasteiger partial charge in [0.05, 0.1) is 11.3 Å². The summed E-state index contributed by atoms with van der Waals surface area (Å²) in [5, 5.41) is 4.75. The average Bonchev–Trinajstić information content (AvgIpc) is 2.84. The lowest BCUT2D eigenvalue weighted by atomic mass is 10.1. The van der Waals surface area contributed by atoms with Gasteiger partial charge < -0.3 is 0 Å². The lowest BCUT2D eigenvalue weighted by Gasteiger charge is -2.09. The lowest BCUT2D eigenvalue weighted by Crippen LogP contribution is -1.98. The average molecular weight is 310 g/mol. The fourth-order valence-electron chi connectivity index (χ4n) is 2.05. The van der Waals surface area contributed by atoms with Gasteiger partial charge in [-0.2, -0.15) is 5.10 Å². The Morgan fingerprint density at radius 2 is 2.00 bits per heavy atom. The molecule has 0 amide bonds. The first-order valence-electron chi connectivity index (χ1n) is 6.10. The van der Waals surface area contributed by atoms with Crippen LogP contribution in [-0.4, -0.2) is 14.6 Å². The topological polar surface area (TPSA) is 30.2 Å². The van der Waals surface area contributed by atoms with Gasteiger partial charge in [-0.3, -0.25) is 0 Å². The highest BCUT2D eigenvalue weighted by Crippen LogP contribution is 2.35. The summed E-state index contributed by atoms with van der Waals surface area (Å²) in [5.41, 5.74) is 2.06. The van der Waals surface area contributed by atoms with Crippen LogP contribution >= 0.6 is 23.2 Å². The van der Waals surface area contributed by atoms with Crippen LogP contribution < -0.4 is 0 Å². The highest BCUT2D eigenvalue weighted by Gasteiger charge is 2.18. The molecule has 2 aromatic heterocycles. The van der Waals surface area contributed by atoms with Gasteiger partial charge in [0.15, 0.2) is 5.65 Å². The molecule has 0 aliphatic carbocycles. The molecule has 0 radical (unpaired) electrons. The van der Waals surface area contributed by atoms with Crippen molar-refractivity contribution < 1.29 is 4.39 Å². The van der Waals surface area contributed by atoms with E-state index >= 15 is 0 Å². The summed E-state index contributed by atoms with van der Waals surface area (Å²) in [7, 11) is 0. The maximum Gasteiger partial charge on any atom is 0.158 e. The van der Waals surface area contributed by atoms with Gasteiger partial charge in [0, 0.05) is 11.6 Å². The van der Waals surface area contributed by atoms with Crippen molar-refractivity contribution in [3.05, 3.63) is 52.1 Å². The van der Waals surface area contributed by atoms with Crippen LogP contribution in [-0.2, 0) is 6.42 Å². The standard InChI is InChI=1S/C14H10Cl2FN3/c1-2-8-7-11-18-13(15)12(14(16)20(11)19-8)9-5-3-4-6-10(9)17/h3-7H,2H2,1H3. The van der Waals surface area contributed by atoms with Gasteiger partial charge in [0.25, 0.3) is 0 Å². The number of fused-ring (bicyclic) bond motifs is 1. The minimum absolute atomic E-state index is 0.162. The summed E-state index contributed by atoms with van der Waals surface area (Å²) in [4.78, 5) is 4.24. The summed E-state index contributed by atoms with van der Waals surface area (Å²) in [6.45, 7) is 1.98. The highest BCUT2D eigenvalue weighted by atomic mass is 35.5. The molecule has 6 heteroatoms. The van der Waals surface area contributed by atoms with E-state index in [1.807, 2.05) is 13.0 Å². The van der Waals surface area contributed by atoms with Crippen molar-refractivity contribution in [3.8, 4) is 11.1 Å². The minimum Gasteiger partial charge on any atom is -0.216 e. The summed E-state index contributed by atoms with van der Waals surface area (Å²) in [6, 6.07) is 8.10. The predicted octanol–water partition coefficient (Wildman–Crippen LogP) is 4.40. The summed E-state index contributed by atoms with van der Waals surface area (Å²) >= 11 is 12.5. The number of halogens is 3. The van der Waals surface area contributed by atoms with E-state index in [-0.39, 0.29) is 10.3 Å². The quantitative estimate of drug-likeness (QED) is 0.657. The van der Waals surface area contributed by atoms with Gasteiger partial charge in [-0.25, -0.2) is 13.9 Å². The Hall–Kier alpha value is -1.65.